The number of nitrogens with zero attached hydrogens (tertiary/aromatic N) is 2. The van der Waals surface area contributed by atoms with E-state index >= 15 is 0 Å². The second-order valence-corrected chi connectivity index (χ2v) is 9.42. The first kappa shape index (κ1) is 27.5. The van der Waals surface area contributed by atoms with Crippen molar-refractivity contribution >= 4 is 34.8 Å². The summed E-state index contributed by atoms with van der Waals surface area (Å²) in [6.07, 6.45) is 0.470. The molecule has 1 aliphatic heterocycles. The highest BCUT2D eigenvalue weighted by molar-refractivity contribution is 5.97. The van der Waals surface area contributed by atoms with Crippen LogP contribution >= 0.6 is 0 Å². The number of methoxy groups -OCH3 is 2. The number of benzene rings is 3. The van der Waals surface area contributed by atoms with Crippen LogP contribution < -0.4 is 24.6 Å². The third-order valence-corrected chi connectivity index (χ3v) is 6.72. The first-order valence-electron chi connectivity index (χ1n) is 12.6. The van der Waals surface area contributed by atoms with E-state index in [0.717, 1.165) is 11.3 Å². The number of hydrogen-bond acceptors (Lipinski definition) is 7. The van der Waals surface area contributed by atoms with Crippen molar-refractivity contribution in [3.63, 3.8) is 0 Å². The molecule has 9 heteroatoms. The number of ether oxygens (including phenoxy) is 3. The SMILES string of the molecule is COc1ccc(C2C(C(=O)OCC(=O)Nc3ccc(N(C)C)cc3)CCC(=O)N2c2ccc(OC)cc2)cc1. The topological polar surface area (TPSA) is 97.4 Å². The Hall–Kier alpha value is -4.53. The smallest absolute Gasteiger partial charge is 0.311 e. The second kappa shape index (κ2) is 12.3. The largest absolute Gasteiger partial charge is 0.497 e. The van der Waals surface area contributed by atoms with E-state index in [4.69, 9.17) is 14.2 Å². The maximum Gasteiger partial charge on any atom is 0.311 e. The van der Waals surface area contributed by atoms with Crippen LogP contribution in [0.15, 0.2) is 72.8 Å². The molecule has 1 heterocycles. The molecule has 2 unspecified atom stereocenters. The molecule has 0 bridgehead atoms. The molecular formula is C30H33N3O6. The van der Waals surface area contributed by atoms with Crippen LogP contribution in [0, 0.1) is 5.92 Å². The van der Waals surface area contributed by atoms with Gasteiger partial charge in [0, 0.05) is 37.6 Å². The molecule has 0 aromatic heterocycles. The van der Waals surface area contributed by atoms with Gasteiger partial charge in [-0.25, -0.2) is 0 Å². The summed E-state index contributed by atoms with van der Waals surface area (Å²) in [7, 11) is 7.01. The number of anilines is 3. The molecule has 9 nitrogen and oxygen atoms in total. The van der Waals surface area contributed by atoms with Gasteiger partial charge in [-0.1, -0.05) is 12.1 Å². The normalized spacial score (nSPS) is 16.8. The van der Waals surface area contributed by atoms with Crippen molar-refractivity contribution in [2.45, 2.75) is 18.9 Å². The summed E-state index contributed by atoms with van der Waals surface area (Å²) in [4.78, 5) is 42.7. The number of rotatable bonds is 9. The first-order chi connectivity index (χ1) is 18.8. The van der Waals surface area contributed by atoms with Gasteiger partial charge in [-0.05, 0) is 72.6 Å². The van der Waals surface area contributed by atoms with Crippen molar-refractivity contribution in [2.75, 3.05) is 50.0 Å². The molecule has 39 heavy (non-hydrogen) atoms. The van der Waals surface area contributed by atoms with Gasteiger partial charge in [-0.3, -0.25) is 14.4 Å². The molecule has 0 spiro atoms. The lowest BCUT2D eigenvalue weighted by Gasteiger charge is -2.40. The standard InChI is InChI=1S/C30H33N3O6/c1-32(2)22-9-7-21(8-10-22)31-27(34)19-39-30(36)26-17-18-28(35)33(23-11-15-25(38-4)16-12-23)29(26)20-5-13-24(37-3)14-6-20/h5-16,26,29H,17-19H2,1-4H3,(H,31,34). The average Bonchev–Trinajstić information content (AvgIpc) is 2.96. The fraction of sp³-hybridized carbons (Fsp3) is 0.300. The van der Waals surface area contributed by atoms with Gasteiger partial charge < -0.3 is 29.3 Å². The summed E-state index contributed by atoms with van der Waals surface area (Å²) in [6.45, 7) is -0.434. The van der Waals surface area contributed by atoms with Gasteiger partial charge in [-0.2, -0.15) is 0 Å². The van der Waals surface area contributed by atoms with Crippen LogP contribution in [-0.4, -0.2) is 52.7 Å². The number of esters is 1. The lowest BCUT2D eigenvalue weighted by molar-refractivity contribution is -0.153. The Balaban J connectivity index is 1.53. The summed E-state index contributed by atoms with van der Waals surface area (Å²) >= 11 is 0. The molecule has 0 aliphatic carbocycles. The van der Waals surface area contributed by atoms with E-state index in [-0.39, 0.29) is 12.3 Å². The molecular weight excluding hydrogens is 498 g/mol. The van der Waals surface area contributed by atoms with Gasteiger partial charge in [0.25, 0.3) is 5.91 Å². The molecule has 1 N–H and O–H groups in total. The van der Waals surface area contributed by atoms with Crippen molar-refractivity contribution in [3.8, 4) is 11.5 Å². The van der Waals surface area contributed by atoms with Crippen LogP contribution in [0.1, 0.15) is 24.4 Å². The molecule has 3 aromatic rings. The van der Waals surface area contributed by atoms with E-state index in [1.807, 2.05) is 43.3 Å². The van der Waals surface area contributed by atoms with Gasteiger partial charge in [0.1, 0.15) is 11.5 Å². The fourth-order valence-corrected chi connectivity index (χ4v) is 4.65. The molecule has 3 aromatic carbocycles. The van der Waals surface area contributed by atoms with Crippen molar-refractivity contribution < 1.29 is 28.6 Å². The van der Waals surface area contributed by atoms with E-state index in [2.05, 4.69) is 5.32 Å². The zero-order chi connectivity index (χ0) is 27.9. The van der Waals surface area contributed by atoms with Crippen molar-refractivity contribution in [1.82, 2.24) is 0 Å². The monoisotopic (exact) mass is 531 g/mol. The Labute approximate surface area is 228 Å². The van der Waals surface area contributed by atoms with Crippen LogP contribution in [0.3, 0.4) is 0 Å². The number of carbonyl (C=O) groups excluding carboxylic acids is 3. The molecule has 2 atom stereocenters. The van der Waals surface area contributed by atoms with E-state index < -0.39 is 30.4 Å². The Kier molecular flexibility index (Phi) is 8.70. The van der Waals surface area contributed by atoms with Crippen molar-refractivity contribution in [2.24, 2.45) is 5.92 Å². The summed E-state index contributed by atoms with van der Waals surface area (Å²) in [5, 5.41) is 2.75. The van der Waals surface area contributed by atoms with Crippen LogP contribution in [0.2, 0.25) is 0 Å². The first-order valence-corrected chi connectivity index (χ1v) is 12.6. The highest BCUT2D eigenvalue weighted by Crippen LogP contribution is 2.41. The average molecular weight is 532 g/mol. The number of amides is 2. The van der Waals surface area contributed by atoms with E-state index in [9.17, 15) is 14.4 Å². The Morgan fingerprint density at radius 1 is 0.897 bits per heavy atom. The molecule has 2 amide bonds. The molecule has 0 saturated carbocycles. The van der Waals surface area contributed by atoms with Gasteiger partial charge in [0.15, 0.2) is 6.61 Å². The molecule has 4 rings (SSSR count). The summed E-state index contributed by atoms with van der Waals surface area (Å²) in [5.41, 5.74) is 2.99. The lowest BCUT2D eigenvalue weighted by atomic mass is 9.83. The minimum Gasteiger partial charge on any atom is -0.497 e. The van der Waals surface area contributed by atoms with Gasteiger partial charge >= 0.3 is 5.97 Å². The van der Waals surface area contributed by atoms with Crippen molar-refractivity contribution in [1.29, 1.82) is 0 Å². The maximum atomic E-state index is 13.4. The lowest BCUT2D eigenvalue weighted by Crippen LogP contribution is -2.46. The highest BCUT2D eigenvalue weighted by Gasteiger charge is 2.42. The summed E-state index contributed by atoms with van der Waals surface area (Å²) < 4.78 is 16.0. The minimum atomic E-state index is -0.676. The van der Waals surface area contributed by atoms with Crippen molar-refractivity contribution in [3.05, 3.63) is 78.4 Å². The number of hydrogen-bond donors (Lipinski definition) is 1. The van der Waals surface area contributed by atoms with Gasteiger partial charge in [-0.15, -0.1) is 0 Å². The molecule has 1 saturated heterocycles. The zero-order valence-electron chi connectivity index (χ0n) is 22.5. The Bertz CT molecular complexity index is 1290. The predicted octanol–water partition coefficient (Wildman–Crippen LogP) is 4.44. The number of carbonyl (C=O) groups is 3. The van der Waals surface area contributed by atoms with Gasteiger partial charge in [0.05, 0.1) is 26.2 Å². The van der Waals surface area contributed by atoms with E-state index in [0.29, 0.717) is 29.3 Å². The molecule has 1 fully saturated rings. The third-order valence-electron chi connectivity index (χ3n) is 6.72. The molecule has 1 aliphatic rings. The fourth-order valence-electron chi connectivity index (χ4n) is 4.65. The highest BCUT2D eigenvalue weighted by atomic mass is 16.5. The predicted molar refractivity (Wildman–Crippen MR) is 149 cm³/mol. The van der Waals surface area contributed by atoms with Crippen LogP contribution in [0.25, 0.3) is 0 Å². The Morgan fingerprint density at radius 2 is 1.49 bits per heavy atom. The summed E-state index contributed by atoms with van der Waals surface area (Å²) in [5.74, 6) is -0.455. The van der Waals surface area contributed by atoms with E-state index in [1.54, 1.807) is 67.7 Å². The molecule has 0 radical (unpaired) electrons. The number of nitrogens with one attached hydrogen (secondary N) is 1. The Morgan fingerprint density at radius 3 is 2.05 bits per heavy atom. The zero-order valence-corrected chi connectivity index (χ0v) is 22.5. The minimum absolute atomic E-state index is 0.107. The van der Waals surface area contributed by atoms with Crippen LogP contribution in [0.5, 0.6) is 11.5 Å². The van der Waals surface area contributed by atoms with Crippen LogP contribution in [0.4, 0.5) is 17.1 Å². The molecule has 204 valence electrons. The van der Waals surface area contributed by atoms with Crippen LogP contribution in [-0.2, 0) is 19.1 Å². The third kappa shape index (κ3) is 6.49. The van der Waals surface area contributed by atoms with E-state index in [1.165, 1.54) is 0 Å². The second-order valence-electron chi connectivity index (χ2n) is 9.42. The summed E-state index contributed by atoms with van der Waals surface area (Å²) in [6, 6.07) is 21.1. The quantitative estimate of drug-likeness (QED) is 0.408. The maximum absolute atomic E-state index is 13.4. The van der Waals surface area contributed by atoms with Gasteiger partial charge in [0.2, 0.25) is 5.91 Å². The number of piperidine rings is 1.